The summed E-state index contributed by atoms with van der Waals surface area (Å²) in [5.74, 6) is 0.599. The molecule has 7 nitrogen and oxygen atoms in total. The maximum absolute atomic E-state index is 12.2. The molecule has 2 atom stereocenters. The third kappa shape index (κ3) is 2.14. The van der Waals surface area contributed by atoms with Crippen LogP contribution in [0.25, 0.3) is 0 Å². The summed E-state index contributed by atoms with van der Waals surface area (Å²) in [7, 11) is 1.85. The average Bonchev–Trinajstić information content (AvgIpc) is 3.02. The van der Waals surface area contributed by atoms with Gasteiger partial charge in [0.1, 0.15) is 12.2 Å². The highest BCUT2D eigenvalue weighted by Gasteiger charge is 2.46. The third-order valence-electron chi connectivity index (χ3n) is 3.68. The molecule has 1 aromatic heterocycles. The van der Waals surface area contributed by atoms with Gasteiger partial charge in [-0.05, 0) is 19.8 Å². The van der Waals surface area contributed by atoms with Gasteiger partial charge in [-0.3, -0.25) is 19.8 Å². The molecule has 0 radical (unpaired) electrons. The van der Waals surface area contributed by atoms with Crippen LogP contribution in [-0.2, 0) is 16.6 Å². The Hall–Kier alpha value is -1.76. The number of carbonyl (C=O) groups is 2. The molecule has 0 bridgehead atoms. The highest BCUT2D eigenvalue weighted by Crippen LogP contribution is 2.31. The number of nitrogens with one attached hydrogen (secondary N) is 1. The molecule has 1 saturated heterocycles. The van der Waals surface area contributed by atoms with E-state index >= 15 is 0 Å². The summed E-state index contributed by atoms with van der Waals surface area (Å²) in [4.78, 5) is 25.5. The summed E-state index contributed by atoms with van der Waals surface area (Å²) >= 11 is 0. The zero-order valence-electron chi connectivity index (χ0n) is 11.0. The van der Waals surface area contributed by atoms with Crippen molar-refractivity contribution in [2.75, 3.05) is 0 Å². The van der Waals surface area contributed by atoms with Crippen LogP contribution in [0.1, 0.15) is 38.1 Å². The molecule has 0 spiro atoms. The molecule has 1 aliphatic heterocycles. The minimum absolute atomic E-state index is 0.0600. The molecule has 1 aromatic rings. The number of nitrogens with zero attached hydrogens (tertiary/aromatic N) is 4. The van der Waals surface area contributed by atoms with Crippen LogP contribution in [-0.4, -0.2) is 43.6 Å². The van der Waals surface area contributed by atoms with Crippen LogP contribution in [0.4, 0.5) is 0 Å². The largest absolute Gasteiger partial charge is 0.319 e. The molecule has 102 valence electrons. The topological polar surface area (TPSA) is 80.1 Å². The first-order valence-electron chi connectivity index (χ1n) is 6.53. The van der Waals surface area contributed by atoms with Crippen molar-refractivity contribution < 1.29 is 9.59 Å². The van der Waals surface area contributed by atoms with Crippen molar-refractivity contribution in [3.05, 3.63) is 12.2 Å². The highest BCUT2D eigenvalue weighted by atomic mass is 16.2. The first-order valence-corrected chi connectivity index (χ1v) is 6.53. The third-order valence-corrected chi connectivity index (χ3v) is 3.68. The molecule has 3 rings (SSSR count). The van der Waals surface area contributed by atoms with Gasteiger partial charge in [0, 0.05) is 13.1 Å². The second-order valence-electron chi connectivity index (χ2n) is 5.28. The normalized spacial score (nSPS) is 25.2. The summed E-state index contributed by atoms with van der Waals surface area (Å²) < 4.78 is 1.80. The van der Waals surface area contributed by atoms with E-state index in [4.69, 9.17) is 0 Å². The van der Waals surface area contributed by atoms with Crippen molar-refractivity contribution in [3.8, 4) is 0 Å². The Labute approximate surface area is 111 Å². The van der Waals surface area contributed by atoms with Crippen molar-refractivity contribution in [1.82, 2.24) is 25.0 Å². The van der Waals surface area contributed by atoms with E-state index in [1.165, 1.54) is 4.90 Å². The van der Waals surface area contributed by atoms with Crippen LogP contribution in [0.3, 0.4) is 0 Å². The lowest BCUT2D eigenvalue weighted by molar-refractivity contribution is -0.139. The zero-order chi connectivity index (χ0) is 13.6. The van der Waals surface area contributed by atoms with Crippen LogP contribution in [0.15, 0.2) is 6.33 Å². The molecule has 2 unspecified atom stereocenters. The van der Waals surface area contributed by atoms with Gasteiger partial charge in [-0.2, -0.15) is 0 Å². The fraction of sp³-hybridized carbons (Fsp3) is 0.667. The predicted molar refractivity (Wildman–Crippen MR) is 65.8 cm³/mol. The predicted octanol–water partition coefficient (Wildman–Crippen LogP) is -0.244. The summed E-state index contributed by atoms with van der Waals surface area (Å²) in [5, 5.41) is 11.0. The molecule has 7 heteroatoms. The van der Waals surface area contributed by atoms with E-state index in [0.29, 0.717) is 0 Å². The number of aryl methyl sites for hydroxylation is 1. The Morgan fingerprint density at radius 1 is 1.42 bits per heavy atom. The number of aromatic nitrogens is 3. The lowest BCUT2D eigenvalue weighted by atomic mass is 10.2. The van der Waals surface area contributed by atoms with Gasteiger partial charge in [-0.1, -0.05) is 0 Å². The maximum Gasteiger partial charge on any atom is 0.247 e. The highest BCUT2D eigenvalue weighted by molar-refractivity contribution is 6.06. The van der Waals surface area contributed by atoms with E-state index in [2.05, 4.69) is 15.5 Å². The van der Waals surface area contributed by atoms with Gasteiger partial charge in [0.2, 0.25) is 11.8 Å². The second kappa shape index (κ2) is 4.41. The van der Waals surface area contributed by atoms with E-state index in [9.17, 15) is 9.59 Å². The van der Waals surface area contributed by atoms with Gasteiger partial charge < -0.3 is 4.57 Å². The number of carbonyl (C=O) groups excluding carboxylic acids is 2. The van der Waals surface area contributed by atoms with Crippen molar-refractivity contribution in [3.63, 3.8) is 0 Å². The van der Waals surface area contributed by atoms with Crippen LogP contribution < -0.4 is 5.32 Å². The number of imide groups is 1. The molecule has 1 N–H and O–H groups in total. The van der Waals surface area contributed by atoms with Crippen LogP contribution >= 0.6 is 0 Å². The van der Waals surface area contributed by atoms with Crippen LogP contribution in [0.2, 0.25) is 0 Å². The fourth-order valence-electron chi connectivity index (χ4n) is 2.56. The molecule has 2 amide bonds. The first-order chi connectivity index (χ1) is 9.08. The van der Waals surface area contributed by atoms with Gasteiger partial charge >= 0.3 is 0 Å². The lowest BCUT2D eigenvalue weighted by Gasteiger charge is -2.18. The van der Waals surface area contributed by atoms with Gasteiger partial charge in [0.25, 0.3) is 0 Å². The number of amides is 2. The Morgan fingerprint density at radius 3 is 2.74 bits per heavy atom. The van der Waals surface area contributed by atoms with E-state index in [0.717, 1.165) is 18.7 Å². The van der Waals surface area contributed by atoms with E-state index in [-0.39, 0.29) is 30.3 Å². The second-order valence-corrected chi connectivity index (χ2v) is 5.28. The fourth-order valence-corrected chi connectivity index (χ4v) is 2.56. The Balaban J connectivity index is 1.69. The Morgan fingerprint density at radius 2 is 2.16 bits per heavy atom. The van der Waals surface area contributed by atoms with E-state index < -0.39 is 6.04 Å². The molecular formula is C12H17N5O2. The molecule has 0 aromatic carbocycles. The van der Waals surface area contributed by atoms with E-state index in [1.807, 2.05) is 14.0 Å². The Bertz CT molecular complexity index is 522. The molecule has 1 aliphatic carbocycles. The number of rotatable bonds is 4. The molecule has 2 fully saturated rings. The summed E-state index contributed by atoms with van der Waals surface area (Å²) in [6, 6.07) is -0.398. The molecule has 2 heterocycles. The number of likely N-dealkylation sites (tertiary alicyclic amines) is 1. The van der Waals surface area contributed by atoms with Crippen molar-refractivity contribution >= 4 is 11.8 Å². The van der Waals surface area contributed by atoms with Crippen molar-refractivity contribution in [2.24, 2.45) is 7.05 Å². The van der Waals surface area contributed by atoms with Gasteiger partial charge in [-0.25, -0.2) is 0 Å². The minimum Gasteiger partial charge on any atom is -0.319 e. The SMILES string of the molecule is CC(NC1CC(=O)N(C2CC2)C1=O)c1nncn1C. The minimum atomic E-state index is -0.431. The van der Waals surface area contributed by atoms with E-state index in [1.54, 1.807) is 10.9 Å². The summed E-state index contributed by atoms with van der Waals surface area (Å²) in [5.41, 5.74) is 0. The monoisotopic (exact) mass is 263 g/mol. The first kappa shape index (κ1) is 12.3. The standard InChI is InChI=1S/C12H17N5O2/c1-7(11-15-13-6-16(11)2)14-9-5-10(18)17(12(9)19)8-3-4-8/h6-9,14H,3-5H2,1-2H3. The van der Waals surface area contributed by atoms with Gasteiger partial charge in [0.05, 0.1) is 18.5 Å². The smallest absolute Gasteiger partial charge is 0.247 e. The zero-order valence-corrected chi connectivity index (χ0v) is 11.0. The quantitative estimate of drug-likeness (QED) is 0.758. The van der Waals surface area contributed by atoms with Gasteiger partial charge in [0.15, 0.2) is 0 Å². The summed E-state index contributed by atoms with van der Waals surface area (Å²) in [6.07, 6.45) is 3.76. The van der Waals surface area contributed by atoms with Gasteiger partial charge in [-0.15, -0.1) is 10.2 Å². The Kier molecular flexibility index (Phi) is 2.85. The van der Waals surface area contributed by atoms with Crippen LogP contribution in [0.5, 0.6) is 0 Å². The average molecular weight is 263 g/mol. The van der Waals surface area contributed by atoms with Crippen molar-refractivity contribution in [2.45, 2.75) is 44.3 Å². The number of hydrogen-bond acceptors (Lipinski definition) is 5. The number of hydrogen-bond donors (Lipinski definition) is 1. The molecular weight excluding hydrogens is 246 g/mol. The van der Waals surface area contributed by atoms with Crippen LogP contribution in [0, 0.1) is 0 Å². The summed E-state index contributed by atoms with van der Waals surface area (Å²) in [6.45, 7) is 1.92. The molecule has 2 aliphatic rings. The van der Waals surface area contributed by atoms with Crippen molar-refractivity contribution in [1.29, 1.82) is 0 Å². The molecule has 19 heavy (non-hydrogen) atoms. The maximum atomic E-state index is 12.2. The molecule has 1 saturated carbocycles. The lowest BCUT2D eigenvalue weighted by Crippen LogP contribution is -2.41.